The van der Waals surface area contributed by atoms with Crippen molar-refractivity contribution in [3.8, 4) is 17.2 Å². The SMILES string of the molecule is COC(=O)C1=C(C)N=c2s/c(=C\c3cccc(OC)c3OC)c(=O)n2C1c1ccc(OC(C)=O)cc1. The molecule has 0 fully saturated rings. The van der Waals surface area contributed by atoms with Crippen LogP contribution in [0.25, 0.3) is 6.08 Å². The topological polar surface area (TPSA) is 105 Å². The molecule has 1 aromatic heterocycles. The van der Waals surface area contributed by atoms with E-state index in [1.54, 1.807) is 56.5 Å². The Kier molecular flexibility index (Phi) is 7.07. The van der Waals surface area contributed by atoms with Gasteiger partial charge in [0, 0.05) is 12.5 Å². The van der Waals surface area contributed by atoms with Crippen molar-refractivity contribution >= 4 is 29.4 Å². The van der Waals surface area contributed by atoms with E-state index in [-0.39, 0.29) is 11.1 Å². The molecular weight excluding hydrogens is 484 g/mol. The quantitative estimate of drug-likeness (QED) is 0.372. The van der Waals surface area contributed by atoms with Gasteiger partial charge in [0.15, 0.2) is 16.3 Å². The summed E-state index contributed by atoms with van der Waals surface area (Å²) >= 11 is 1.20. The van der Waals surface area contributed by atoms with Crippen molar-refractivity contribution < 1.29 is 28.5 Å². The lowest BCUT2D eigenvalue weighted by molar-refractivity contribution is -0.136. The minimum absolute atomic E-state index is 0.246. The van der Waals surface area contributed by atoms with Gasteiger partial charge in [-0.1, -0.05) is 35.6 Å². The van der Waals surface area contributed by atoms with E-state index in [9.17, 15) is 14.4 Å². The molecule has 10 heteroatoms. The maximum Gasteiger partial charge on any atom is 0.338 e. The van der Waals surface area contributed by atoms with E-state index in [2.05, 4.69) is 4.99 Å². The Balaban J connectivity index is 1.93. The fourth-order valence-corrected chi connectivity index (χ4v) is 5.10. The van der Waals surface area contributed by atoms with E-state index in [4.69, 9.17) is 18.9 Å². The van der Waals surface area contributed by atoms with E-state index in [1.165, 1.54) is 37.0 Å². The largest absolute Gasteiger partial charge is 0.493 e. The Bertz CT molecular complexity index is 1550. The number of carbonyl (C=O) groups excluding carboxylic acids is 2. The Morgan fingerprint density at radius 2 is 1.78 bits per heavy atom. The van der Waals surface area contributed by atoms with Crippen LogP contribution in [0.15, 0.2) is 63.5 Å². The molecule has 0 radical (unpaired) electrons. The van der Waals surface area contributed by atoms with Crippen molar-refractivity contribution in [1.29, 1.82) is 0 Å². The van der Waals surface area contributed by atoms with Crippen LogP contribution in [-0.2, 0) is 14.3 Å². The van der Waals surface area contributed by atoms with Gasteiger partial charge in [-0.25, -0.2) is 9.79 Å². The molecule has 4 rings (SSSR count). The molecule has 3 aromatic rings. The smallest absolute Gasteiger partial charge is 0.338 e. The molecule has 2 heterocycles. The highest BCUT2D eigenvalue weighted by Gasteiger charge is 2.33. The standard InChI is InChI=1S/C26H24N2O7S/c1-14-21(25(31)34-5)22(16-9-11-18(12-10-16)35-15(2)29)28-24(30)20(36-26(28)27-14)13-17-7-6-8-19(32-3)23(17)33-4/h6-13,22H,1-5H3/b20-13-. The highest BCUT2D eigenvalue weighted by molar-refractivity contribution is 7.07. The number of methoxy groups -OCH3 is 3. The Morgan fingerprint density at radius 3 is 2.39 bits per heavy atom. The molecule has 186 valence electrons. The molecule has 0 spiro atoms. The minimum Gasteiger partial charge on any atom is -0.493 e. The number of thiazole rings is 1. The minimum atomic E-state index is -0.783. The second-order valence-electron chi connectivity index (χ2n) is 7.82. The number of hydrogen-bond acceptors (Lipinski definition) is 9. The van der Waals surface area contributed by atoms with Crippen LogP contribution in [0.4, 0.5) is 0 Å². The highest BCUT2D eigenvalue weighted by atomic mass is 32.1. The lowest BCUT2D eigenvalue weighted by Crippen LogP contribution is -2.39. The van der Waals surface area contributed by atoms with Crippen molar-refractivity contribution in [2.75, 3.05) is 21.3 Å². The number of para-hydroxylation sites is 1. The van der Waals surface area contributed by atoms with Gasteiger partial charge >= 0.3 is 11.9 Å². The van der Waals surface area contributed by atoms with Crippen LogP contribution in [0.5, 0.6) is 17.2 Å². The number of nitrogens with zero attached hydrogens (tertiary/aromatic N) is 2. The summed E-state index contributed by atoms with van der Waals surface area (Å²) in [6.07, 6.45) is 1.71. The Morgan fingerprint density at radius 1 is 1.06 bits per heavy atom. The average Bonchev–Trinajstić information content (AvgIpc) is 3.16. The summed E-state index contributed by atoms with van der Waals surface area (Å²) in [5.41, 5.74) is 1.66. The van der Waals surface area contributed by atoms with E-state index >= 15 is 0 Å². The van der Waals surface area contributed by atoms with Gasteiger partial charge in [-0.15, -0.1) is 0 Å². The molecule has 1 aliphatic heterocycles. The van der Waals surface area contributed by atoms with Gasteiger partial charge in [-0.2, -0.15) is 0 Å². The molecule has 1 unspecified atom stereocenters. The van der Waals surface area contributed by atoms with E-state index < -0.39 is 18.0 Å². The normalized spacial score (nSPS) is 15.1. The fraction of sp³-hybridized carbons (Fsp3) is 0.231. The number of hydrogen-bond donors (Lipinski definition) is 0. The number of allylic oxidation sites excluding steroid dienone is 1. The number of ether oxygens (including phenoxy) is 4. The first kappa shape index (κ1) is 24.9. The number of rotatable bonds is 6. The van der Waals surface area contributed by atoms with Gasteiger partial charge in [0.2, 0.25) is 0 Å². The maximum absolute atomic E-state index is 13.7. The van der Waals surface area contributed by atoms with Crippen molar-refractivity contribution in [1.82, 2.24) is 4.57 Å². The molecular formula is C26H24N2O7S. The first-order chi connectivity index (χ1) is 17.3. The summed E-state index contributed by atoms with van der Waals surface area (Å²) in [5.74, 6) is 0.344. The predicted molar refractivity (Wildman–Crippen MR) is 133 cm³/mol. The first-order valence-electron chi connectivity index (χ1n) is 10.9. The Labute approximate surface area is 210 Å². The molecule has 1 atom stereocenters. The van der Waals surface area contributed by atoms with Gasteiger partial charge in [-0.05, 0) is 36.8 Å². The van der Waals surface area contributed by atoms with E-state index in [0.29, 0.717) is 43.4 Å². The summed E-state index contributed by atoms with van der Waals surface area (Å²) in [4.78, 5) is 42.8. The summed E-state index contributed by atoms with van der Waals surface area (Å²) < 4.78 is 22.9. The summed E-state index contributed by atoms with van der Waals surface area (Å²) in [6.45, 7) is 3.01. The number of carbonyl (C=O) groups is 2. The molecule has 0 saturated heterocycles. The van der Waals surface area contributed by atoms with Gasteiger partial charge in [0.25, 0.3) is 5.56 Å². The first-order valence-corrected chi connectivity index (χ1v) is 11.7. The molecule has 2 aromatic carbocycles. The lowest BCUT2D eigenvalue weighted by atomic mass is 9.96. The van der Waals surface area contributed by atoms with Crippen LogP contribution >= 0.6 is 11.3 Å². The second-order valence-corrected chi connectivity index (χ2v) is 8.83. The average molecular weight is 509 g/mol. The van der Waals surface area contributed by atoms with Gasteiger partial charge in [0.1, 0.15) is 5.75 Å². The van der Waals surface area contributed by atoms with Crippen molar-refractivity contribution in [3.05, 3.63) is 84.5 Å². The van der Waals surface area contributed by atoms with Crippen LogP contribution in [0.2, 0.25) is 0 Å². The van der Waals surface area contributed by atoms with Gasteiger partial charge in [0.05, 0.1) is 43.2 Å². The molecule has 0 saturated carbocycles. The van der Waals surface area contributed by atoms with Crippen LogP contribution < -0.4 is 29.1 Å². The zero-order valence-electron chi connectivity index (χ0n) is 20.4. The second kappa shape index (κ2) is 10.2. The fourth-order valence-electron chi connectivity index (χ4n) is 4.06. The summed E-state index contributed by atoms with van der Waals surface area (Å²) in [7, 11) is 4.35. The third-order valence-electron chi connectivity index (χ3n) is 5.60. The van der Waals surface area contributed by atoms with Gasteiger partial charge < -0.3 is 18.9 Å². The number of esters is 2. The zero-order chi connectivity index (χ0) is 26.0. The molecule has 1 aliphatic rings. The molecule has 0 aliphatic carbocycles. The van der Waals surface area contributed by atoms with Crippen molar-refractivity contribution in [2.45, 2.75) is 19.9 Å². The van der Waals surface area contributed by atoms with Gasteiger partial charge in [-0.3, -0.25) is 14.2 Å². The monoisotopic (exact) mass is 508 g/mol. The summed E-state index contributed by atoms with van der Waals surface area (Å²) in [5, 5.41) is 0. The van der Waals surface area contributed by atoms with Crippen molar-refractivity contribution in [2.24, 2.45) is 4.99 Å². The molecule has 36 heavy (non-hydrogen) atoms. The summed E-state index contributed by atoms with van der Waals surface area (Å²) in [6, 6.07) is 11.2. The van der Waals surface area contributed by atoms with Crippen molar-refractivity contribution in [3.63, 3.8) is 0 Å². The third-order valence-corrected chi connectivity index (χ3v) is 6.59. The van der Waals surface area contributed by atoms with Crippen LogP contribution in [0, 0.1) is 0 Å². The number of benzene rings is 2. The van der Waals surface area contributed by atoms with Crippen LogP contribution in [0.1, 0.15) is 31.0 Å². The highest BCUT2D eigenvalue weighted by Crippen LogP contribution is 2.32. The lowest BCUT2D eigenvalue weighted by Gasteiger charge is -2.24. The third kappa shape index (κ3) is 4.55. The number of fused-ring (bicyclic) bond motifs is 1. The molecule has 0 N–H and O–H groups in total. The van der Waals surface area contributed by atoms with E-state index in [1.807, 2.05) is 6.07 Å². The van der Waals surface area contributed by atoms with Crippen LogP contribution in [-0.4, -0.2) is 37.8 Å². The predicted octanol–water partition coefficient (Wildman–Crippen LogP) is 2.35. The van der Waals surface area contributed by atoms with Crippen LogP contribution in [0.3, 0.4) is 0 Å². The Hall–Kier alpha value is -4.18. The maximum atomic E-state index is 13.7. The van der Waals surface area contributed by atoms with E-state index in [0.717, 1.165) is 0 Å². The number of aromatic nitrogens is 1. The zero-order valence-corrected chi connectivity index (χ0v) is 21.2. The molecule has 0 bridgehead atoms. The molecule has 9 nitrogen and oxygen atoms in total. The molecule has 0 amide bonds.